The van der Waals surface area contributed by atoms with Crippen molar-refractivity contribution < 1.29 is 14.7 Å². The summed E-state index contributed by atoms with van der Waals surface area (Å²) in [7, 11) is 0. The number of hydrogen-bond acceptors (Lipinski definition) is 3. The van der Waals surface area contributed by atoms with Gasteiger partial charge in [-0.15, -0.1) is 0 Å². The lowest BCUT2D eigenvalue weighted by Crippen LogP contribution is -2.34. The highest BCUT2D eigenvalue weighted by atomic mass is 16.3. The van der Waals surface area contributed by atoms with Crippen molar-refractivity contribution in [3.8, 4) is 5.75 Å². The quantitative estimate of drug-likeness (QED) is 0.620. The van der Waals surface area contributed by atoms with Crippen LogP contribution in [0.5, 0.6) is 5.75 Å². The number of benzene rings is 1. The Balaban J connectivity index is 2.05. The highest BCUT2D eigenvalue weighted by molar-refractivity contribution is 6.23. The van der Waals surface area contributed by atoms with E-state index in [0.29, 0.717) is 18.5 Å². The topological polar surface area (TPSA) is 57.6 Å². The van der Waals surface area contributed by atoms with Crippen molar-refractivity contribution in [3.05, 3.63) is 36.4 Å². The molecule has 1 aromatic carbocycles. The van der Waals surface area contributed by atoms with E-state index in [1.165, 1.54) is 17.0 Å². The van der Waals surface area contributed by atoms with E-state index in [0.717, 1.165) is 0 Å². The summed E-state index contributed by atoms with van der Waals surface area (Å²) in [5.41, 5.74) is -0.192. The molecule has 19 heavy (non-hydrogen) atoms. The van der Waals surface area contributed by atoms with Crippen molar-refractivity contribution in [2.24, 2.45) is 11.3 Å². The summed E-state index contributed by atoms with van der Waals surface area (Å²) in [5, 5.41) is 9.51. The zero-order valence-corrected chi connectivity index (χ0v) is 10.7. The molecule has 2 atom stereocenters. The fourth-order valence-corrected chi connectivity index (χ4v) is 2.96. The molecule has 0 aromatic heterocycles. The minimum Gasteiger partial charge on any atom is -0.508 e. The molecule has 4 heteroatoms. The minimum absolute atomic E-state index is 0.0521. The predicted molar refractivity (Wildman–Crippen MR) is 70.6 cm³/mol. The average molecular weight is 257 g/mol. The Morgan fingerprint density at radius 3 is 2.79 bits per heavy atom. The minimum atomic E-state index is -0.642. The number of carbonyl (C=O) groups excluding carboxylic acids is 2. The summed E-state index contributed by atoms with van der Waals surface area (Å²) in [6, 6.07) is 6.27. The van der Waals surface area contributed by atoms with Crippen molar-refractivity contribution >= 4 is 17.5 Å². The third kappa shape index (κ3) is 1.59. The first-order chi connectivity index (χ1) is 9.04. The van der Waals surface area contributed by atoms with Crippen LogP contribution in [0.1, 0.15) is 19.8 Å². The van der Waals surface area contributed by atoms with Crippen molar-refractivity contribution in [1.82, 2.24) is 0 Å². The molecule has 1 aliphatic carbocycles. The number of phenols is 1. The largest absolute Gasteiger partial charge is 0.508 e. The molecule has 1 N–H and O–H groups in total. The Kier molecular flexibility index (Phi) is 2.49. The van der Waals surface area contributed by atoms with E-state index in [4.69, 9.17) is 0 Å². The number of phenolic OH excluding ortho intramolecular Hbond substituents is 1. The smallest absolute Gasteiger partial charge is 0.240 e. The molecule has 1 saturated heterocycles. The molecule has 1 heterocycles. The molecule has 0 radical (unpaired) electrons. The Labute approximate surface area is 111 Å². The molecular formula is C15H15NO3. The van der Waals surface area contributed by atoms with Crippen molar-refractivity contribution in [2.75, 3.05) is 4.90 Å². The number of allylic oxidation sites excluding steroid dienone is 2. The summed E-state index contributed by atoms with van der Waals surface area (Å²) >= 11 is 0. The fourth-order valence-electron chi connectivity index (χ4n) is 2.96. The molecular weight excluding hydrogens is 242 g/mol. The Morgan fingerprint density at radius 2 is 2.11 bits per heavy atom. The molecule has 0 bridgehead atoms. The van der Waals surface area contributed by atoms with E-state index in [1.54, 1.807) is 12.1 Å². The number of fused-ring (bicyclic) bond motifs is 1. The molecule has 0 spiro atoms. The maximum absolute atomic E-state index is 12.6. The maximum Gasteiger partial charge on any atom is 0.240 e. The van der Waals surface area contributed by atoms with Crippen LogP contribution in [0.15, 0.2) is 36.4 Å². The molecule has 1 fully saturated rings. The molecule has 4 nitrogen and oxygen atoms in total. The zero-order chi connectivity index (χ0) is 13.6. The van der Waals surface area contributed by atoms with Gasteiger partial charge in [0.05, 0.1) is 17.0 Å². The molecule has 1 aliphatic heterocycles. The van der Waals surface area contributed by atoms with E-state index < -0.39 is 5.41 Å². The summed E-state index contributed by atoms with van der Waals surface area (Å²) in [5.74, 6) is -0.566. The third-order valence-electron chi connectivity index (χ3n) is 4.15. The van der Waals surface area contributed by atoms with Crippen LogP contribution >= 0.6 is 0 Å². The van der Waals surface area contributed by atoms with E-state index >= 15 is 0 Å². The maximum atomic E-state index is 12.6. The van der Waals surface area contributed by atoms with E-state index in [2.05, 4.69) is 0 Å². The van der Waals surface area contributed by atoms with E-state index in [9.17, 15) is 14.7 Å². The summed E-state index contributed by atoms with van der Waals surface area (Å²) in [6.07, 6.45) is 5.13. The molecule has 0 saturated carbocycles. The van der Waals surface area contributed by atoms with Crippen LogP contribution in [-0.2, 0) is 9.59 Å². The highest BCUT2D eigenvalue weighted by Gasteiger charge is 2.56. The summed E-state index contributed by atoms with van der Waals surface area (Å²) in [6.45, 7) is 1.85. The second kappa shape index (κ2) is 3.95. The summed E-state index contributed by atoms with van der Waals surface area (Å²) < 4.78 is 0. The lowest BCUT2D eigenvalue weighted by atomic mass is 9.72. The van der Waals surface area contributed by atoms with Crippen molar-refractivity contribution in [3.63, 3.8) is 0 Å². The number of imide groups is 1. The second-order valence-electron chi connectivity index (χ2n) is 5.38. The van der Waals surface area contributed by atoms with Gasteiger partial charge in [-0.25, -0.2) is 4.90 Å². The molecule has 2 amide bonds. The predicted octanol–water partition coefficient (Wildman–Crippen LogP) is 2.24. The number of anilines is 1. The lowest BCUT2D eigenvalue weighted by molar-refractivity contribution is -0.126. The molecule has 98 valence electrons. The van der Waals surface area contributed by atoms with E-state index in [1.807, 2.05) is 19.1 Å². The third-order valence-corrected chi connectivity index (χ3v) is 4.15. The van der Waals surface area contributed by atoms with Gasteiger partial charge >= 0.3 is 0 Å². The number of carbonyl (C=O) groups is 2. The van der Waals surface area contributed by atoms with Crippen LogP contribution in [0.25, 0.3) is 0 Å². The number of nitrogens with zero attached hydrogens (tertiary/aromatic N) is 1. The zero-order valence-electron chi connectivity index (χ0n) is 10.7. The first-order valence-corrected chi connectivity index (χ1v) is 6.36. The Hall–Kier alpha value is -2.10. The first kappa shape index (κ1) is 12.0. The highest BCUT2D eigenvalue weighted by Crippen LogP contribution is 2.47. The van der Waals surface area contributed by atoms with Gasteiger partial charge in [0.2, 0.25) is 11.8 Å². The SMILES string of the molecule is CC12CC=CCC1C(=O)N(c1cccc(O)c1)C2=O. The van der Waals surface area contributed by atoms with Gasteiger partial charge in [0.25, 0.3) is 0 Å². The monoisotopic (exact) mass is 257 g/mol. The van der Waals surface area contributed by atoms with Gasteiger partial charge in [0.15, 0.2) is 0 Å². The van der Waals surface area contributed by atoms with Crippen LogP contribution < -0.4 is 4.90 Å². The first-order valence-electron chi connectivity index (χ1n) is 6.36. The van der Waals surface area contributed by atoms with Gasteiger partial charge in [-0.3, -0.25) is 9.59 Å². The molecule has 2 aliphatic rings. The average Bonchev–Trinajstić information content (AvgIpc) is 2.58. The van der Waals surface area contributed by atoms with Crippen LogP contribution in [0.2, 0.25) is 0 Å². The Morgan fingerprint density at radius 1 is 1.32 bits per heavy atom. The van der Waals surface area contributed by atoms with Gasteiger partial charge in [-0.1, -0.05) is 18.2 Å². The van der Waals surface area contributed by atoms with Gasteiger partial charge in [0, 0.05) is 6.07 Å². The molecule has 2 unspecified atom stereocenters. The van der Waals surface area contributed by atoms with Gasteiger partial charge in [0.1, 0.15) is 5.75 Å². The van der Waals surface area contributed by atoms with Crippen LogP contribution in [-0.4, -0.2) is 16.9 Å². The number of hydrogen-bond donors (Lipinski definition) is 1. The van der Waals surface area contributed by atoms with Crippen LogP contribution in [0.3, 0.4) is 0 Å². The summed E-state index contributed by atoms with van der Waals surface area (Å²) in [4.78, 5) is 26.2. The fraction of sp³-hybridized carbons (Fsp3) is 0.333. The van der Waals surface area contributed by atoms with E-state index in [-0.39, 0.29) is 23.5 Å². The normalized spacial score (nSPS) is 29.7. The standard InChI is InChI=1S/C15H15NO3/c1-15-8-3-2-7-12(15)13(18)16(14(15)19)10-5-4-6-11(17)9-10/h2-6,9,12,17H,7-8H2,1H3. The number of rotatable bonds is 1. The number of amides is 2. The van der Waals surface area contributed by atoms with Gasteiger partial charge < -0.3 is 5.11 Å². The van der Waals surface area contributed by atoms with Crippen LogP contribution in [0, 0.1) is 11.3 Å². The Bertz CT molecular complexity index is 593. The lowest BCUT2D eigenvalue weighted by Gasteiger charge is -2.27. The van der Waals surface area contributed by atoms with Gasteiger partial charge in [-0.05, 0) is 31.9 Å². The van der Waals surface area contributed by atoms with Crippen molar-refractivity contribution in [1.29, 1.82) is 0 Å². The second-order valence-corrected chi connectivity index (χ2v) is 5.38. The number of aromatic hydroxyl groups is 1. The van der Waals surface area contributed by atoms with Gasteiger partial charge in [-0.2, -0.15) is 0 Å². The molecule has 3 rings (SSSR count). The van der Waals surface area contributed by atoms with Crippen molar-refractivity contribution in [2.45, 2.75) is 19.8 Å². The van der Waals surface area contributed by atoms with Crippen LogP contribution in [0.4, 0.5) is 5.69 Å². The molecule has 1 aromatic rings.